The van der Waals surface area contributed by atoms with Crippen LogP contribution in [0.4, 0.5) is 4.39 Å². The SMILES string of the molecule is O=C(c1ccccc1)N1CCCC(c2nnc(-c3ccccc3F)s2)C1. The van der Waals surface area contributed by atoms with E-state index in [4.69, 9.17) is 0 Å². The normalized spacial score (nSPS) is 17.3. The number of nitrogens with zero attached hydrogens (tertiary/aromatic N) is 3. The van der Waals surface area contributed by atoms with Crippen molar-refractivity contribution in [3.63, 3.8) is 0 Å². The Morgan fingerprint density at radius 1 is 1.08 bits per heavy atom. The first-order chi connectivity index (χ1) is 12.7. The molecule has 1 saturated heterocycles. The van der Waals surface area contributed by atoms with E-state index in [1.165, 1.54) is 17.4 Å². The smallest absolute Gasteiger partial charge is 0.253 e. The van der Waals surface area contributed by atoms with Gasteiger partial charge in [-0.1, -0.05) is 41.7 Å². The van der Waals surface area contributed by atoms with Crippen molar-refractivity contribution in [3.8, 4) is 10.6 Å². The Kier molecular flexibility index (Phi) is 4.75. The summed E-state index contributed by atoms with van der Waals surface area (Å²) >= 11 is 1.42. The molecule has 4 rings (SSSR count). The van der Waals surface area contributed by atoms with Gasteiger partial charge in [0.05, 0.1) is 0 Å². The van der Waals surface area contributed by atoms with E-state index >= 15 is 0 Å². The minimum atomic E-state index is -0.292. The minimum absolute atomic E-state index is 0.0501. The first-order valence-electron chi connectivity index (χ1n) is 8.65. The molecule has 0 bridgehead atoms. The summed E-state index contributed by atoms with van der Waals surface area (Å²) in [6.45, 7) is 1.38. The zero-order chi connectivity index (χ0) is 17.9. The summed E-state index contributed by atoms with van der Waals surface area (Å²) in [7, 11) is 0. The summed E-state index contributed by atoms with van der Waals surface area (Å²) < 4.78 is 14.0. The molecule has 4 nitrogen and oxygen atoms in total. The molecule has 3 aromatic rings. The van der Waals surface area contributed by atoms with E-state index in [1.807, 2.05) is 35.2 Å². The number of hydrogen-bond acceptors (Lipinski definition) is 4. The van der Waals surface area contributed by atoms with Crippen molar-refractivity contribution < 1.29 is 9.18 Å². The van der Waals surface area contributed by atoms with E-state index in [2.05, 4.69) is 10.2 Å². The van der Waals surface area contributed by atoms with Crippen LogP contribution in [0.2, 0.25) is 0 Å². The lowest BCUT2D eigenvalue weighted by Crippen LogP contribution is -2.39. The Bertz CT molecular complexity index is 912. The average molecular weight is 367 g/mol. The van der Waals surface area contributed by atoms with E-state index < -0.39 is 0 Å². The lowest BCUT2D eigenvalue weighted by molar-refractivity contribution is 0.0707. The number of rotatable bonds is 3. The van der Waals surface area contributed by atoms with Gasteiger partial charge in [0, 0.05) is 30.1 Å². The highest BCUT2D eigenvalue weighted by Crippen LogP contribution is 2.33. The zero-order valence-corrected chi connectivity index (χ0v) is 15.0. The van der Waals surface area contributed by atoms with Gasteiger partial charge in [0.25, 0.3) is 5.91 Å². The first-order valence-corrected chi connectivity index (χ1v) is 9.46. The van der Waals surface area contributed by atoms with Crippen molar-refractivity contribution in [3.05, 3.63) is 71.0 Å². The number of piperidine rings is 1. The van der Waals surface area contributed by atoms with Crippen LogP contribution >= 0.6 is 11.3 Å². The first kappa shape index (κ1) is 16.8. The summed E-state index contributed by atoms with van der Waals surface area (Å²) in [6, 6.07) is 15.9. The molecule has 0 radical (unpaired) electrons. The van der Waals surface area contributed by atoms with Gasteiger partial charge in [-0.2, -0.15) is 0 Å². The number of aromatic nitrogens is 2. The highest BCUT2D eigenvalue weighted by atomic mass is 32.1. The molecule has 6 heteroatoms. The molecule has 1 aliphatic heterocycles. The quantitative estimate of drug-likeness (QED) is 0.691. The highest BCUT2D eigenvalue weighted by molar-refractivity contribution is 7.14. The molecule has 0 saturated carbocycles. The fourth-order valence-corrected chi connectivity index (χ4v) is 4.27. The molecular weight excluding hydrogens is 349 g/mol. The second-order valence-electron chi connectivity index (χ2n) is 6.38. The molecule has 1 unspecified atom stereocenters. The fraction of sp³-hybridized carbons (Fsp3) is 0.250. The summed E-state index contributed by atoms with van der Waals surface area (Å²) in [5.41, 5.74) is 1.18. The van der Waals surface area contributed by atoms with Crippen molar-refractivity contribution in [2.45, 2.75) is 18.8 Å². The Labute approximate surface area is 155 Å². The van der Waals surface area contributed by atoms with Crippen molar-refractivity contribution in [2.75, 3.05) is 13.1 Å². The van der Waals surface area contributed by atoms with Gasteiger partial charge < -0.3 is 4.90 Å². The maximum atomic E-state index is 14.0. The van der Waals surface area contributed by atoms with Gasteiger partial charge in [-0.05, 0) is 37.1 Å². The maximum Gasteiger partial charge on any atom is 0.253 e. The third-order valence-electron chi connectivity index (χ3n) is 4.62. The highest BCUT2D eigenvalue weighted by Gasteiger charge is 2.28. The van der Waals surface area contributed by atoms with Crippen LogP contribution in [-0.4, -0.2) is 34.1 Å². The van der Waals surface area contributed by atoms with Gasteiger partial charge in [0.1, 0.15) is 10.8 Å². The summed E-state index contributed by atoms with van der Waals surface area (Å²) in [6.07, 6.45) is 1.89. The van der Waals surface area contributed by atoms with Crippen LogP contribution in [-0.2, 0) is 0 Å². The number of halogens is 1. The third-order valence-corrected chi connectivity index (χ3v) is 5.74. The third kappa shape index (κ3) is 3.37. The van der Waals surface area contributed by atoms with Crippen molar-refractivity contribution in [1.82, 2.24) is 15.1 Å². The Morgan fingerprint density at radius 2 is 1.85 bits per heavy atom. The molecule has 26 heavy (non-hydrogen) atoms. The number of hydrogen-bond donors (Lipinski definition) is 0. The molecule has 0 aliphatic carbocycles. The predicted molar refractivity (Wildman–Crippen MR) is 99.6 cm³/mol. The van der Waals surface area contributed by atoms with E-state index in [1.54, 1.807) is 18.2 Å². The predicted octanol–water partition coefficient (Wildman–Crippen LogP) is 4.36. The van der Waals surface area contributed by atoms with Crippen molar-refractivity contribution in [2.24, 2.45) is 0 Å². The average Bonchev–Trinajstić information content (AvgIpc) is 3.18. The molecule has 0 spiro atoms. The van der Waals surface area contributed by atoms with Crippen LogP contribution in [0.3, 0.4) is 0 Å². The number of amides is 1. The molecule has 2 heterocycles. The zero-order valence-electron chi connectivity index (χ0n) is 14.1. The summed E-state index contributed by atoms with van der Waals surface area (Å²) in [5.74, 6) is -0.0942. The van der Waals surface area contributed by atoms with Gasteiger partial charge in [0.15, 0.2) is 5.01 Å². The van der Waals surface area contributed by atoms with Crippen molar-refractivity contribution >= 4 is 17.2 Å². The lowest BCUT2D eigenvalue weighted by Gasteiger charge is -2.31. The summed E-state index contributed by atoms with van der Waals surface area (Å²) in [5, 5.41) is 9.92. The minimum Gasteiger partial charge on any atom is -0.338 e. The van der Waals surface area contributed by atoms with Gasteiger partial charge in [-0.25, -0.2) is 4.39 Å². The van der Waals surface area contributed by atoms with Crippen molar-refractivity contribution in [1.29, 1.82) is 0 Å². The van der Waals surface area contributed by atoms with E-state index in [9.17, 15) is 9.18 Å². The van der Waals surface area contributed by atoms with Gasteiger partial charge >= 0.3 is 0 Å². The Balaban J connectivity index is 1.52. The molecule has 0 N–H and O–H groups in total. The molecule has 1 atom stereocenters. The summed E-state index contributed by atoms with van der Waals surface area (Å²) in [4.78, 5) is 14.6. The molecule has 1 amide bonds. The molecule has 2 aromatic carbocycles. The molecule has 132 valence electrons. The fourth-order valence-electron chi connectivity index (χ4n) is 3.27. The Hall–Kier alpha value is -2.60. The number of benzene rings is 2. The van der Waals surface area contributed by atoms with E-state index in [-0.39, 0.29) is 17.6 Å². The van der Waals surface area contributed by atoms with Crippen LogP contribution in [0, 0.1) is 5.82 Å². The maximum absolute atomic E-state index is 14.0. The second-order valence-corrected chi connectivity index (χ2v) is 7.39. The molecule has 1 aliphatic rings. The van der Waals surface area contributed by atoms with E-state index in [0.717, 1.165) is 24.4 Å². The van der Waals surface area contributed by atoms with Crippen LogP contribution in [0.15, 0.2) is 54.6 Å². The molecule has 1 fully saturated rings. The number of carbonyl (C=O) groups excluding carboxylic acids is 1. The van der Waals surface area contributed by atoms with Gasteiger partial charge in [0.2, 0.25) is 0 Å². The topological polar surface area (TPSA) is 46.1 Å². The van der Waals surface area contributed by atoms with Crippen LogP contribution in [0.1, 0.15) is 34.1 Å². The Morgan fingerprint density at radius 3 is 2.65 bits per heavy atom. The van der Waals surface area contributed by atoms with Gasteiger partial charge in [-0.3, -0.25) is 4.79 Å². The number of likely N-dealkylation sites (tertiary alicyclic amines) is 1. The molecular formula is C20H18FN3OS. The standard InChI is InChI=1S/C20H18FN3OS/c21-17-11-5-4-10-16(17)19-23-22-18(26-19)15-9-6-12-24(13-15)20(25)14-7-2-1-3-8-14/h1-5,7-8,10-11,15H,6,9,12-13H2. The van der Waals surface area contributed by atoms with Crippen LogP contribution in [0.25, 0.3) is 10.6 Å². The monoisotopic (exact) mass is 367 g/mol. The van der Waals surface area contributed by atoms with Gasteiger partial charge in [-0.15, -0.1) is 10.2 Å². The lowest BCUT2D eigenvalue weighted by atomic mass is 9.98. The van der Waals surface area contributed by atoms with Crippen LogP contribution < -0.4 is 0 Å². The molecule has 1 aromatic heterocycles. The second kappa shape index (κ2) is 7.33. The number of carbonyl (C=O) groups is 1. The largest absolute Gasteiger partial charge is 0.338 e. The van der Waals surface area contributed by atoms with Crippen LogP contribution in [0.5, 0.6) is 0 Å². The van der Waals surface area contributed by atoms with E-state index in [0.29, 0.717) is 22.7 Å².